The molecule has 0 spiro atoms. The molecule has 102 valence electrons. The highest BCUT2D eigenvalue weighted by molar-refractivity contribution is 6.01. The van der Waals surface area contributed by atoms with Crippen molar-refractivity contribution in [3.05, 3.63) is 17.5 Å². The van der Waals surface area contributed by atoms with Gasteiger partial charge in [0.05, 0.1) is 6.61 Å². The van der Waals surface area contributed by atoms with Crippen LogP contribution >= 0.6 is 0 Å². The van der Waals surface area contributed by atoms with E-state index in [1.54, 1.807) is 6.92 Å². The molecule has 2 aromatic heterocycles. The van der Waals surface area contributed by atoms with E-state index in [4.69, 9.17) is 14.0 Å². The molecule has 9 heteroatoms. The Hall–Kier alpha value is -2.42. The van der Waals surface area contributed by atoms with Gasteiger partial charge in [0.25, 0.3) is 5.91 Å². The second kappa shape index (κ2) is 5.96. The lowest BCUT2D eigenvalue weighted by molar-refractivity contribution is 0.101. The SMILES string of the molecule is CCOc1n[nH]c(NC(=O)c2cc(COC)on2)n1. The molecular weight excluding hydrogens is 254 g/mol. The van der Waals surface area contributed by atoms with Gasteiger partial charge in [-0.3, -0.25) is 10.1 Å². The average molecular weight is 267 g/mol. The zero-order valence-electron chi connectivity index (χ0n) is 10.5. The Kier molecular flexibility index (Phi) is 4.08. The first-order valence-electron chi connectivity index (χ1n) is 5.54. The van der Waals surface area contributed by atoms with Crippen LogP contribution < -0.4 is 10.1 Å². The van der Waals surface area contributed by atoms with Crippen molar-refractivity contribution in [2.24, 2.45) is 0 Å². The summed E-state index contributed by atoms with van der Waals surface area (Å²) in [6.45, 7) is 2.49. The zero-order valence-corrected chi connectivity index (χ0v) is 10.5. The topological polar surface area (TPSA) is 115 Å². The van der Waals surface area contributed by atoms with Crippen molar-refractivity contribution in [3.8, 4) is 6.01 Å². The molecule has 0 bridgehead atoms. The number of ether oxygens (including phenoxy) is 2. The van der Waals surface area contributed by atoms with Crippen LogP contribution in [0.1, 0.15) is 23.2 Å². The summed E-state index contributed by atoms with van der Waals surface area (Å²) in [5, 5.41) is 12.4. The largest absolute Gasteiger partial charge is 0.463 e. The predicted molar refractivity (Wildman–Crippen MR) is 62.7 cm³/mol. The molecule has 19 heavy (non-hydrogen) atoms. The van der Waals surface area contributed by atoms with E-state index in [2.05, 4.69) is 25.7 Å². The maximum atomic E-state index is 11.8. The number of amides is 1. The molecule has 0 radical (unpaired) electrons. The molecular formula is C10H13N5O4. The van der Waals surface area contributed by atoms with Crippen LogP contribution in [0.15, 0.2) is 10.6 Å². The molecule has 0 aliphatic heterocycles. The van der Waals surface area contributed by atoms with E-state index in [-0.39, 0.29) is 24.3 Å². The molecule has 0 saturated heterocycles. The maximum Gasteiger partial charge on any atom is 0.337 e. The van der Waals surface area contributed by atoms with Crippen LogP contribution in [0.4, 0.5) is 5.95 Å². The van der Waals surface area contributed by atoms with Crippen LogP contribution in [0.25, 0.3) is 0 Å². The molecule has 1 amide bonds. The van der Waals surface area contributed by atoms with Gasteiger partial charge in [0.2, 0.25) is 5.95 Å². The number of methoxy groups -OCH3 is 1. The smallest absolute Gasteiger partial charge is 0.337 e. The van der Waals surface area contributed by atoms with E-state index in [9.17, 15) is 4.79 Å². The van der Waals surface area contributed by atoms with Gasteiger partial charge in [0.1, 0.15) is 6.61 Å². The fraction of sp³-hybridized carbons (Fsp3) is 0.400. The van der Waals surface area contributed by atoms with Crippen LogP contribution in [0.5, 0.6) is 6.01 Å². The number of aromatic nitrogens is 4. The third-order valence-electron chi connectivity index (χ3n) is 2.05. The number of carbonyl (C=O) groups is 1. The third kappa shape index (κ3) is 3.28. The van der Waals surface area contributed by atoms with E-state index in [1.807, 2.05) is 0 Å². The van der Waals surface area contributed by atoms with E-state index >= 15 is 0 Å². The molecule has 9 nitrogen and oxygen atoms in total. The van der Waals surface area contributed by atoms with Crippen molar-refractivity contribution in [1.82, 2.24) is 20.3 Å². The number of nitrogens with one attached hydrogen (secondary N) is 2. The van der Waals surface area contributed by atoms with E-state index in [1.165, 1.54) is 13.2 Å². The summed E-state index contributed by atoms with van der Waals surface area (Å²) in [5.74, 6) is 0.162. The molecule has 0 atom stereocenters. The lowest BCUT2D eigenvalue weighted by Gasteiger charge is -1.95. The van der Waals surface area contributed by atoms with Gasteiger partial charge in [-0.25, -0.2) is 5.10 Å². The zero-order chi connectivity index (χ0) is 13.7. The Bertz CT molecular complexity index is 550. The summed E-state index contributed by atoms with van der Waals surface area (Å²) >= 11 is 0. The fourth-order valence-corrected chi connectivity index (χ4v) is 1.30. The molecule has 0 aromatic carbocycles. The highest BCUT2D eigenvalue weighted by Gasteiger charge is 2.14. The number of hydrogen-bond acceptors (Lipinski definition) is 7. The van der Waals surface area contributed by atoms with Gasteiger partial charge in [-0.05, 0) is 6.92 Å². The minimum atomic E-state index is -0.467. The summed E-state index contributed by atoms with van der Waals surface area (Å²) in [6, 6.07) is 1.65. The van der Waals surface area contributed by atoms with Gasteiger partial charge in [0, 0.05) is 13.2 Å². The number of rotatable bonds is 6. The standard InChI is InChI=1S/C10H13N5O4/c1-3-18-10-12-9(13-14-10)11-8(16)7-4-6(5-17-2)19-15-7/h4H,3,5H2,1-2H3,(H2,11,12,13,14,16). The van der Waals surface area contributed by atoms with Crippen LogP contribution in [-0.2, 0) is 11.3 Å². The number of nitrogens with zero attached hydrogens (tertiary/aromatic N) is 3. The molecule has 0 aliphatic rings. The first-order chi connectivity index (χ1) is 9.22. The fourth-order valence-electron chi connectivity index (χ4n) is 1.30. The first kappa shape index (κ1) is 13.0. The van der Waals surface area contributed by atoms with Crippen LogP contribution in [0.3, 0.4) is 0 Å². The summed E-state index contributed by atoms with van der Waals surface area (Å²) in [6.07, 6.45) is 0. The minimum Gasteiger partial charge on any atom is -0.463 e. The van der Waals surface area contributed by atoms with Crippen molar-refractivity contribution < 1.29 is 18.8 Å². The minimum absolute atomic E-state index is 0.126. The number of H-pyrrole nitrogens is 1. The Morgan fingerprint density at radius 3 is 3.16 bits per heavy atom. The highest BCUT2D eigenvalue weighted by Crippen LogP contribution is 2.09. The Morgan fingerprint density at radius 2 is 2.42 bits per heavy atom. The van der Waals surface area contributed by atoms with Gasteiger partial charge in [0.15, 0.2) is 11.5 Å². The normalized spacial score (nSPS) is 10.4. The molecule has 2 heterocycles. The number of aromatic amines is 1. The molecule has 2 aromatic rings. The van der Waals surface area contributed by atoms with Crippen LogP contribution in [-0.4, -0.2) is 40.0 Å². The summed E-state index contributed by atoms with van der Waals surface area (Å²) in [4.78, 5) is 15.7. The van der Waals surface area contributed by atoms with Gasteiger partial charge < -0.3 is 14.0 Å². The lowest BCUT2D eigenvalue weighted by atomic mass is 10.3. The van der Waals surface area contributed by atoms with Crippen molar-refractivity contribution in [3.63, 3.8) is 0 Å². The Morgan fingerprint density at radius 1 is 1.58 bits per heavy atom. The average Bonchev–Trinajstić information content (AvgIpc) is 3.00. The van der Waals surface area contributed by atoms with E-state index in [0.29, 0.717) is 12.4 Å². The first-order valence-corrected chi connectivity index (χ1v) is 5.54. The summed E-state index contributed by atoms with van der Waals surface area (Å²) in [7, 11) is 1.52. The summed E-state index contributed by atoms with van der Waals surface area (Å²) < 4.78 is 14.8. The number of carbonyl (C=O) groups excluding carboxylic acids is 1. The number of hydrogen-bond donors (Lipinski definition) is 2. The van der Waals surface area contributed by atoms with Crippen molar-refractivity contribution in [1.29, 1.82) is 0 Å². The molecule has 0 fully saturated rings. The van der Waals surface area contributed by atoms with E-state index < -0.39 is 5.91 Å². The number of anilines is 1. The van der Waals surface area contributed by atoms with Crippen molar-refractivity contribution in [2.45, 2.75) is 13.5 Å². The van der Waals surface area contributed by atoms with Crippen LogP contribution in [0, 0.1) is 0 Å². The monoisotopic (exact) mass is 267 g/mol. The van der Waals surface area contributed by atoms with Crippen LogP contribution in [0.2, 0.25) is 0 Å². The molecule has 0 aliphatic carbocycles. The second-order valence-corrected chi connectivity index (χ2v) is 3.47. The molecule has 0 unspecified atom stereocenters. The second-order valence-electron chi connectivity index (χ2n) is 3.47. The quantitative estimate of drug-likeness (QED) is 0.786. The lowest BCUT2D eigenvalue weighted by Crippen LogP contribution is -2.13. The molecule has 2 N–H and O–H groups in total. The Balaban J connectivity index is 1.98. The van der Waals surface area contributed by atoms with Crippen molar-refractivity contribution in [2.75, 3.05) is 19.0 Å². The summed E-state index contributed by atoms with van der Waals surface area (Å²) in [5.41, 5.74) is 0.126. The van der Waals surface area contributed by atoms with Gasteiger partial charge in [-0.15, -0.1) is 5.10 Å². The Labute approximate surface area is 108 Å². The maximum absolute atomic E-state index is 11.8. The molecule has 0 saturated carbocycles. The third-order valence-corrected chi connectivity index (χ3v) is 2.05. The van der Waals surface area contributed by atoms with Gasteiger partial charge >= 0.3 is 6.01 Å². The highest BCUT2D eigenvalue weighted by atomic mass is 16.5. The van der Waals surface area contributed by atoms with Crippen molar-refractivity contribution >= 4 is 11.9 Å². The van der Waals surface area contributed by atoms with Gasteiger partial charge in [-0.1, -0.05) is 5.16 Å². The molecule has 2 rings (SSSR count). The van der Waals surface area contributed by atoms with Gasteiger partial charge in [-0.2, -0.15) is 4.98 Å². The predicted octanol–water partition coefficient (Wildman–Crippen LogP) is 0.590. The van der Waals surface area contributed by atoms with E-state index in [0.717, 1.165) is 0 Å².